The van der Waals surface area contributed by atoms with Gasteiger partial charge in [-0.15, -0.1) is 11.3 Å². The summed E-state index contributed by atoms with van der Waals surface area (Å²) in [5.74, 6) is 0.566. The molecule has 1 amide bonds. The van der Waals surface area contributed by atoms with Crippen LogP contribution in [0, 0.1) is 0 Å². The minimum atomic E-state index is -0.133. The Kier molecular flexibility index (Phi) is 4.77. The number of amides is 1. The van der Waals surface area contributed by atoms with Crippen molar-refractivity contribution in [1.82, 2.24) is 15.1 Å². The lowest BCUT2D eigenvalue weighted by atomic mass is 9.99. The van der Waals surface area contributed by atoms with Crippen LogP contribution in [0.5, 0.6) is 5.75 Å². The molecule has 5 rings (SSSR count). The van der Waals surface area contributed by atoms with Crippen LogP contribution in [0.25, 0.3) is 21.9 Å². The van der Waals surface area contributed by atoms with E-state index in [1.807, 2.05) is 52.7 Å². The topological polar surface area (TPSA) is 56.1 Å². The van der Waals surface area contributed by atoms with Crippen LogP contribution < -0.4 is 10.1 Å². The lowest BCUT2D eigenvalue weighted by Crippen LogP contribution is -2.28. The first-order valence-corrected chi connectivity index (χ1v) is 10.6. The van der Waals surface area contributed by atoms with Gasteiger partial charge in [-0.1, -0.05) is 36.4 Å². The lowest BCUT2D eigenvalue weighted by molar-refractivity contribution is -0.123. The Morgan fingerprint density at radius 1 is 1.17 bits per heavy atom. The summed E-state index contributed by atoms with van der Waals surface area (Å²) in [6.45, 7) is 0.506. The fourth-order valence-corrected chi connectivity index (χ4v) is 4.11. The van der Waals surface area contributed by atoms with Gasteiger partial charge >= 0.3 is 0 Å². The Balaban J connectivity index is 1.39. The number of fused-ring (bicyclic) bond motifs is 1. The van der Waals surface area contributed by atoms with Crippen molar-refractivity contribution in [2.75, 3.05) is 6.61 Å². The Morgan fingerprint density at radius 3 is 2.90 bits per heavy atom. The number of hydrogen-bond acceptors (Lipinski definition) is 4. The minimum Gasteiger partial charge on any atom is -0.483 e. The van der Waals surface area contributed by atoms with E-state index in [-0.39, 0.29) is 12.5 Å². The SMILES string of the molecule is O=C(COc1ccc2ccccc2c1-c1cnn(C2CC2)c1)NCc1cccs1. The summed E-state index contributed by atoms with van der Waals surface area (Å²) in [7, 11) is 0. The van der Waals surface area contributed by atoms with Crippen molar-refractivity contribution in [1.29, 1.82) is 0 Å². The van der Waals surface area contributed by atoms with E-state index in [0.29, 0.717) is 18.3 Å². The second-order valence-corrected chi connectivity index (χ2v) is 8.28. The molecule has 2 aromatic heterocycles. The van der Waals surface area contributed by atoms with Crippen molar-refractivity contribution in [2.45, 2.75) is 25.4 Å². The van der Waals surface area contributed by atoms with Crippen molar-refractivity contribution in [2.24, 2.45) is 0 Å². The van der Waals surface area contributed by atoms with Gasteiger partial charge in [0.05, 0.1) is 18.8 Å². The molecule has 5 nitrogen and oxygen atoms in total. The third-order valence-corrected chi connectivity index (χ3v) is 5.98. The number of thiophene rings is 1. The van der Waals surface area contributed by atoms with Crippen molar-refractivity contribution in [3.63, 3.8) is 0 Å². The van der Waals surface area contributed by atoms with Gasteiger partial charge in [0.1, 0.15) is 5.75 Å². The number of carbonyl (C=O) groups excluding carboxylic acids is 1. The summed E-state index contributed by atoms with van der Waals surface area (Å²) in [5.41, 5.74) is 2.00. The molecule has 1 fully saturated rings. The van der Waals surface area contributed by atoms with Gasteiger partial charge in [0.15, 0.2) is 6.61 Å². The molecule has 0 radical (unpaired) electrons. The number of nitrogens with one attached hydrogen (secondary N) is 1. The first-order valence-electron chi connectivity index (χ1n) is 9.76. The summed E-state index contributed by atoms with van der Waals surface area (Å²) in [6, 6.07) is 16.7. The number of hydrogen-bond donors (Lipinski definition) is 1. The third-order valence-electron chi connectivity index (χ3n) is 5.10. The average molecular weight is 404 g/mol. The van der Waals surface area contributed by atoms with Gasteiger partial charge in [-0.05, 0) is 41.1 Å². The highest BCUT2D eigenvalue weighted by Gasteiger charge is 2.25. The minimum absolute atomic E-state index is 0.0204. The number of ether oxygens (including phenoxy) is 1. The van der Waals surface area contributed by atoms with Gasteiger partial charge in [0.25, 0.3) is 5.91 Å². The number of aromatic nitrogens is 2. The van der Waals surface area contributed by atoms with Crippen LogP contribution in [0.4, 0.5) is 0 Å². The van der Waals surface area contributed by atoms with Gasteiger partial charge in [-0.2, -0.15) is 5.10 Å². The summed E-state index contributed by atoms with van der Waals surface area (Å²) >= 11 is 1.63. The molecule has 2 aromatic carbocycles. The summed E-state index contributed by atoms with van der Waals surface area (Å²) < 4.78 is 8.01. The maximum absolute atomic E-state index is 12.3. The molecule has 0 unspecified atom stereocenters. The van der Waals surface area contributed by atoms with E-state index in [2.05, 4.69) is 28.7 Å². The average Bonchev–Trinajstić information content (AvgIpc) is 3.26. The van der Waals surface area contributed by atoms with E-state index in [0.717, 1.165) is 26.8 Å². The standard InChI is InChI=1S/C23H21N3O2S/c27-22(24-13-19-5-3-11-29-19)15-28-21-10-7-16-4-1-2-6-20(16)23(21)17-12-25-26(14-17)18-8-9-18/h1-7,10-12,14,18H,8-9,13,15H2,(H,24,27). The van der Waals surface area contributed by atoms with Crippen LogP contribution in [0.3, 0.4) is 0 Å². The smallest absolute Gasteiger partial charge is 0.258 e. The molecule has 1 aliphatic rings. The zero-order valence-electron chi connectivity index (χ0n) is 15.9. The number of nitrogens with zero attached hydrogens (tertiary/aromatic N) is 2. The van der Waals surface area contributed by atoms with Crippen molar-refractivity contribution >= 4 is 28.0 Å². The molecular weight excluding hydrogens is 382 g/mol. The normalized spacial score (nSPS) is 13.5. The van der Waals surface area contributed by atoms with E-state index in [9.17, 15) is 4.79 Å². The van der Waals surface area contributed by atoms with Crippen LogP contribution in [-0.4, -0.2) is 22.3 Å². The zero-order chi connectivity index (χ0) is 19.6. The van der Waals surface area contributed by atoms with Gasteiger partial charge in [0, 0.05) is 22.2 Å². The molecule has 0 aliphatic heterocycles. The third kappa shape index (κ3) is 3.89. The Labute approximate surface area is 172 Å². The van der Waals surface area contributed by atoms with Crippen molar-refractivity contribution in [3.8, 4) is 16.9 Å². The van der Waals surface area contributed by atoms with Crippen LogP contribution in [-0.2, 0) is 11.3 Å². The quantitative estimate of drug-likeness (QED) is 0.482. The molecule has 1 N–H and O–H groups in total. The highest BCUT2D eigenvalue weighted by Crippen LogP contribution is 2.39. The summed E-state index contributed by atoms with van der Waals surface area (Å²) in [6.07, 6.45) is 6.35. The molecule has 0 saturated heterocycles. The summed E-state index contributed by atoms with van der Waals surface area (Å²) in [5, 5.41) is 11.7. The van der Waals surface area contributed by atoms with E-state index in [1.54, 1.807) is 11.3 Å². The molecular formula is C23H21N3O2S. The van der Waals surface area contributed by atoms with E-state index in [1.165, 1.54) is 12.8 Å². The van der Waals surface area contributed by atoms with Gasteiger partial charge in [0.2, 0.25) is 0 Å². The lowest BCUT2D eigenvalue weighted by Gasteiger charge is -2.13. The maximum Gasteiger partial charge on any atom is 0.258 e. The number of rotatable bonds is 7. The fourth-order valence-electron chi connectivity index (χ4n) is 3.47. The largest absolute Gasteiger partial charge is 0.483 e. The molecule has 0 spiro atoms. The Bertz CT molecular complexity index is 1150. The molecule has 29 heavy (non-hydrogen) atoms. The Hall–Kier alpha value is -3.12. The molecule has 1 saturated carbocycles. The monoisotopic (exact) mass is 403 g/mol. The zero-order valence-corrected chi connectivity index (χ0v) is 16.7. The molecule has 2 heterocycles. The first-order chi connectivity index (χ1) is 14.3. The van der Waals surface area contributed by atoms with E-state index < -0.39 is 0 Å². The van der Waals surface area contributed by atoms with Crippen molar-refractivity contribution < 1.29 is 9.53 Å². The molecule has 0 bridgehead atoms. The highest BCUT2D eigenvalue weighted by atomic mass is 32.1. The molecule has 6 heteroatoms. The first kappa shape index (κ1) is 17.9. The maximum atomic E-state index is 12.3. The highest BCUT2D eigenvalue weighted by molar-refractivity contribution is 7.09. The Morgan fingerprint density at radius 2 is 2.07 bits per heavy atom. The van der Waals surface area contributed by atoms with Gasteiger partial charge < -0.3 is 10.1 Å². The number of benzene rings is 2. The van der Waals surface area contributed by atoms with E-state index >= 15 is 0 Å². The van der Waals surface area contributed by atoms with Crippen LogP contribution >= 0.6 is 11.3 Å². The van der Waals surface area contributed by atoms with Crippen LogP contribution in [0.15, 0.2) is 66.3 Å². The van der Waals surface area contributed by atoms with Crippen LogP contribution in [0.1, 0.15) is 23.8 Å². The van der Waals surface area contributed by atoms with Crippen molar-refractivity contribution in [3.05, 3.63) is 71.2 Å². The second kappa shape index (κ2) is 7.72. The number of carbonyl (C=O) groups is 1. The van der Waals surface area contributed by atoms with Gasteiger partial charge in [-0.25, -0.2) is 0 Å². The molecule has 0 atom stereocenters. The molecule has 4 aromatic rings. The predicted molar refractivity (Wildman–Crippen MR) is 115 cm³/mol. The predicted octanol–water partition coefficient (Wildman–Crippen LogP) is 4.79. The van der Waals surface area contributed by atoms with E-state index in [4.69, 9.17) is 4.74 Å². The second-order valence-electron chi connectivity index (χ2n) is 7.24. The molecule has 1 aliphatic carbocycles. The van der Waals surface area contributed by atoms with Gasteiger partial charge in [-0.3, -0.25) is 9.48 Å². The fraction of sp³-hybridized carbons (Fsp3) is 0.217. The van der Waals surface area contributed by atoms with Crippen LogP contribution in [0.2, 0.25) is 0 Å². The summed E-state index contributed by atoms with van der Waals surface area (Å²) in [4.78, 5) is 13.4. The molecule has 146 valence electrons.